The Hall–Kier alpha value is -1.97. The van der Waals surface area contributed by atoms with Gasteiger partial charge in [0.2, 0.25) is 0 Å². The van der Waals surface area contributed by atoms with Gasteiger partial charge in [-0.15, -0.1) is 0 Å². The topological polar surface area (TPSA) is 54.1 Å². The van der Waals surface area contributed by atoms with E-state index >= 15 is 0 Å². The second kappa shape index (κ2) is 5.58. The highest BCUT2D eigenvalue weighted by molar-refractivity contribution is 5.82. The summed E-state index contributed by atoms with van der Waals surface area (Å²) in [5.74, 6) is 0.632. The zero-order valence-electron chi connectivity index (χ0n) is 10.7. The largest absolute Gasteiger partial charge is 0.481 e. The summed E-state index contributed by atoms with van der Waals surface area (Å²) in [5.41, 5.74) is 1.06. The van der Waals surface area contributed by atoms with Crippen LogP contribution in [0.15, 0.2) is 30.5 Å². The van der Waals surface area contributed by atoms with Crippen LogP contribution < -0.4 is 10.1 Å². The summed E-state index contributed by atoms with van der Waals surface area (Å²) in [4.78, 5) is 14.8. The lowest BCUT2D eigenvalue weighted by Crippen LogP contribution is -2.36. The Kier molecular flexibility index (Phi) is 3.87. The van der Waals surface area contributed by atoms with E-state index in [9.17, 15) is 4.79 Å². The predicted octanol–water partition coefficient (Wildman–Crippen LogP) is 2.46. The number of amides is 1. The third-order valence-corrected chi connectivity index (χ3v) is 2.76. The van der Waals surface area contributed by atoms with Crippen molar-refractivity contribution >= 4 is 16.8 Å². The summed E-state index contributed by atoms with van der Waals surface area (Å²) in [7, 11) is 0. The molecule has 4 nitrogen and oxygen atoms in total. The first-order chi connectivity index (χ1) is 8.70. The van der Waals surface area contributed by atoms with Crippen molar-refractivity contribution < 1.29 is 9.53 Å². The van der Waals surface area contributed by atoms with Gasteiger partial charge in [-0.05, 0) is 37.6 Å². The molecule has 0 saturated heterocycles. The summed E-state index contributed by atoms with van der Waals surface area (Å²) in [6.07, 6.45) is 2.33. The Morgan fingerprint density at radius 2 is 2.28 bits per heavy atom. The maximum Gasteiger partial charge on any atom is 0.260 e. The lowest BCUT2D eigenvalue weighted by atomic mass is 10.2. The fourth-order valence-corrected chi connectivity index (χ4v) is 1.75. The number of aromatic amines is 1. The summed E-state index contributed by atoms with van der Waals surface area (Å²) < 4.78 is 5.62. The van der Waals surface area contributed by atoms with Crippen molar-refractivity contribution in [1.29, 1.82) is 0 Å². The van der Waals surface area contributed by atoms with Crippen LogP contribution in [-0.2, 0) is 4.79 Å². The number of H-pyrrole nitrogens is 1. The van der Waals surface area contributed by atoms with Crippen LogP contribution in [0, 0.1) is 0 Å². The molecule has 0 saturated carbocycles. The van der Waals surface area contributed by atoms with Crippen LogP contribution in [0.2, 0.25) is 0 Å². The Labute approximate surface area is 106 Å². The van der Waals surface area contributed by atoms with Crippen LogP contribution in [0.1, 0.15) is 20.3 Å². The number of hydrogen-bond acceptors (Lipinski definition) is 2. The molecule has 2 rings (SSSR count). The van der Waals surface area contributed by atoms with Crippen molar-refractivity contribution in [2.24, 2.45) is 0 Å². The third-order valence-electron chi connectivity index (χ3n) is 2.76. The van der Waals surface area contributed by atoms with E-state index in [-0.39, 0.29) is 5.91 Å². The average molecular weight is 246 g/mol. The minimum absolute atomic E-state index is 0.0778. The molecule has 0 aliphatic heterocycles. The van der Waals surface area contributed by atoms with Gasteiger partial charge in [-0.25, -0.2) is 0 Å². The van der Waals surface area contributed by atoms with Crippen molar-refractivity contribution in [2.75, 3.05) is 6.54 Å². The zero-order valence-corrected chi connectivity index (χ0v) is 10.7. The lowest BCUT2D eigenvalue weighted by molar-refractivity contribution is -0.127. The van der Waals surface area contributed by atoms with Gasteiger partial charge in [-0.2, -0.15) is 0 Å². The number of carbonyl (C=O) groups excluding carboxylic acids is 1. The minimum Gasteiger partial charge on any atom is -0.481 e. The molecular formula is C14H18N2O2. The number of ether oxygens (including phenoxy) is 1. The van der Waals surface area contributed by atoms with E-state index in [1.54, 1.807) is 6.92 Å². The Morgan fingerprint density at radius 3 is 3.06 bits per heavy atom. The molecule has 1 unspecified atom stereocenters. The highest BCUT2D eigenvalue weighted by Gasteiger charge is 2.13. The van der Waals surface area contributed by atoms with Gasteiger partial charge in [0.25, 0.3) is 5.91 Å². The van der Waals surface area contributed by atoms with Crippen LogP contribution >= 0.6 is 0 Å². The highest BCUT2D eigenvalue weighted by atomic mass is 16.5. The molecule has 96 valence electrons. The quantitative estimate of drug-likeness (QED) is 0.851. The smallest absolute Gasteiger partial charge is 0.260 e. The second-order valence-electron chi connectivity index (χ2n) is 4.28. The highest BCUT2D eigenvalue weighted by Crippen LogP contribution is 2.20. The van der Waals surface area contributed by atoms with Crippen molar-refractivity contribution in [3.63, 3.8) is 0 Å². The number of aromatic nitrogens is 1. The zero-order chi connectivity index (χ0) is 13.0. The second-order valence-corrected chi connectivity index (χ2v) is 4.28. The molecule has 1 amide bonds. The molecule has 0 fully saturated rings. The van der Waals surface area contributed by atoms with Crippen LogP contribution in [0.4, 0.5) is 0 Å². The number of fused-ring (bicyclic) bond motifs is 1. The van der Waals surface area contributed by atoms with Gasteiger partial charge in [0, 0.05) is 23.6 Å². The summed E-state index contributed by atoms with van der Waals surface area (Å²) in [5, 5.41) is 3.89. The van der Waals surface area contributed by atoms with E-state index in [4.69, 9.17) is 4.74 Å². The van der Waals surface area contributed by atoms with E-state index < -0.39 is 6.10 Å². The molecule has 0 spiro atoms. The van der Waals surface area contributed by atoms with Crippen molar-refractivity contribution in [3.8, 4) is 5.75 Å². The number of nitrogens with one attached hydrogen (secondary N) is 2. The fraction of sp³-hybridized carbons (Fsp3) is 0.357. The normalized spacial score (nSPS) is 12.3. The Morgan fingerprint density at radius 1 is 1.44 bits per heavy atom. The van der Waals surface area contributed by atoms with E-state index in [1.807, 2.05) is 37.4 Å². The molecule has 0 bridgehead atoms. The summed E-state index contributed by atoms with van der Waals surface area (Å²) in [6, 6.07) is 7.71. The monoisotopic (exact) mass is 246 g/mol. The Bertz CT molecular complexity index is 533. The molecule has 2 aromatic rings. The molecule has 1 atom stereocenters. The lowest BCUT2D eigenvalue weighted by Gasteiger charge is -2.14. The van der Waals surface area contributed by atoms with Gasteiger partial charge < -0.3 is 15.0 Å². The fourth-order valence-electron chi connectivity index (χ4n) is 1.75. The maximum atomic E-state index is 11.7. The number of rotatable bonds is 5. The van der Waals surface area contributed by atoms with E-state index in [0.29, 0.717) is 12.3 Å². The van der Waals surface area contributed by atoms with Gasteiger partial charge >= 0.3 is 0 Å². The average Bonchev–Trinajstić information content (AvgIpc) is 2.83. The van der Waals surface area contributed by atoms with Crippen LogP contribution in [0.3, 0.4) is 0 Å². The van der Waals surface area contributed by atoms with Crippen molar-refractivity contribution in [3.05, 3.63) is 30.5 Å². The minimum atomic E-state index is -0.479. The number of carbonyl (C=O) groups is 1. The SMILES string of the molecule is CCCNC(=O)C(C)Oc1ccc2[nH]ccc2c1. The first-order valence-electron chi connectivity index (χ1n) is 6.22. The molecule has 18 heavy (non-hydrogen) atoms. The van der Waals surface area contributed by atoms with Crippen LogP contribution in [0.25, 0.3) is 10.9 Å². The van der Waals surface area contributed by atoms with E-state index in [1.165, 1.54) is 0 Å². The predicted molar refractivity (Wildman–Crippen MR) is 71.7 cm³/mol. The van der Waals surface area contributed by atoms with E-state index in [2.05, 4.69) is 10.3 Å². The molecular weight excluding hydrogens is 228 g/mol. The number of benzene rings is 1. The molecule has 0 aliphatic rings. The van der Waals surface area contributed by atoms with Crippen molar-refractivity contribution in [2.45, 2.75) is 26.4 Å². The van der Waals surface area contributed by atoms with Gasteiger partial charge in [0.1, 0.15) is 5.75 Å². The first kappa shape index (κ1) is 12.5. The van der Waals surface area contributed by atoms with Crippen LogP contribution in [-0.4, -0.2) is 23.5 Å². The Balaban J connectivity index is 2.01. The maximum absolute atomic E-state index is 11.7. The van der Waals surface area contributed by atoms with Gasteiger partial charge in [0.15, 0.2) is 6.10 Å². The molecule has 0 radical (unpaired) electrons. The first-order valence-corrected chi connectivity index (χ1v) is 6.22. The van der Waals surface area contributed by atoms with Crippen LogP contribution in [0.5, 0.6) is 5.75 Å². The summed E-state index contributed by atoms with van der Waals surface area (Å²) >= 11 is 0. The van der Waals surface area contributed by atoms with Gasteiger partial charge in [-0.3, -0.25) is 4.79 Å². The molecule has 0 aliphatic carbocycles. The third kappa shape index (κ3) is 2.83. The van der Waals surface area contributed by atoms with Gasteiger partial charge in [-0.1, -0.05) is 6.92 Å². The molecule has 1 aromatic heterocycles. The van der Waals surface area contributed by atoms with Gasteiger partial charge in [0.05, 0.1) is 0 Å². The molecule has 2 N–H and O–H groups in total. The molecule has 1 heterocycles. The standard InChI is InChI=1S/C14H18N2O2/c1-3-7-16-14(17)10(2)18-12-4-5-13-11(9-12)6-8-15-13/h4-6,8-10,15H,3,7H2,1-2H3,(H,16,17). The molecule has 1 aromatic carbocycles. The number of hydrogen-bond donors (Lipinski definition) is 2. The summed E-state index contributed by atoms with van der Waals surface area (Å²) in [6.45, 7) is 4.46. The molecule has 4 heteroatoms. The van der Waals surface area contributed by atoms with E-state index in [0.717, 1.165) is 17.3 Å². The van der Waals surface area contributed by atoms with Crippen molar-refractivity contribution in [1.82, 2.24) is 10.3 Å².